The van der Waals surface area contributed by atoms with E-state index in [0.29, 0.717) is 16.0 Å². The zero-order valence-corrected chi connectivity index (χ0v) is 21.1. The molecule has 0 spiro atoms. The van der Waals surface area contributed by atoms with Crippen molar-refractivity contribution in [1.29, 1.82) is 0 Å². The molecule has 0 fully saturated rings. The number of thioether (sulfide) groups is 1. The zero-order valence-electron chi connectivity index (χ0n) is 19.6. The van der Waals surface area contributed by atoms with Gasteiger partial charge in [-0.15, -0.1) is 10.2 Å². The van der Waals surface area contributed by atoms with Crippen molar-refractivity contribution in [2.24, 2.45) is 0 Å². The number of para-hydroxylation sites is 1. The van der Waals surface area contributed by atoms with Gasteiger partial charge in [-0.05, 0) is 42.8 Å². The van der Waals surface area contributed by atoms with Gasteiger partial charge in [-0.1, -0.05) is 102 Å². The third-order valence-electron chi connectivity index (χ3n) is 5.65. The van der Waals surface area contributed by atoms with Crippen LogP contribution in [0.25, 0.3) is 28.2 Å². The third-order valence-corrected chi connectivity index (χ3v) is 6.83. The number of benzene rings is 4. The molecule has 0 bridgehead atoms. The third kappa shape index (κ3) is 5.35. The van der Waals surface area contributed by atoms with Crippen molar-refractivity contribution >= 4 is 35.0 Å². The summed E-state index contributed by atoms with van der Waals surface area (Å²) < 4.78 is 1.96. The Kier molecular flexibility index (Phi) is 7.16. The van der Waals surface area contributed by atoms with Crippen LogP contribution in [-0.2, 0) is 4.79 Å². The second kappa shape index (κ2) is 10.8. The van der Waals surface area contributed by atoms with E-state index < -0.39 is 0 Å². The summed E-state index contributed by atoms with van der Waals surface area (Å²) >= 11 is 7.46. The molecule has 5 aromatic rings. The molecule has 1 N–H and O–H groups in total. The summed E-state index contributed by atoms with van der Waals surface area (Å²) in [7, 11) is 0. The van der Waals surface area contributed by atoms with Crippen LogP contribution in [0.3, 0.4) is 0 Å². The summed E-state index contributed by atoms with van der Waals surface area (Å²) in [4.78, 5) is 13.0. The van der Waals surface area contributed by atoms with Crippen molar-refractivity contribution in [2.75, 3.05) is 11.1 Å². The molecule has 0 radical (unpaired) electrons. The highest BCUT2D eigenvalue weighted by Crippen LogP contribution is 2.30. The minimum Gasteiger partial charge on any atom is -0.325 e. The molecule has 1 aromatic heterocycles. The molecule has 0 saturated carbocycles. The number of rotatable bonds is 7. The van der Waals surface area contributed by atoms with Gasteiger partial charge in [0, 0.05) is 27.5 Å². The molecule has 0 aliphatic heterocycles. The van der Waals surface area contributed by atoms with E-state index >= 15 is 0 Å². The summed E-state index contributed by atoms with van der Waals surface area (Å²) in [6.07, 6.45) is 0. The Morgan fingerprint density at radius 1 is 0.833 bits per heavy atom. The SMILES string of the molecule is Cc1ccc(-c2nnc(SCC(=O)Nc3ccccc3-c3ccccc3)n2-c2ccc(Cl)cc2)cc1. The maximum atomic E-state index is 13.0. The summed E-state index contributed by atoms with van der Waals surface area (Å²) in [5.41, 5.74) is 5.77. The lowest BCUT2D eigenvalue weighted by Gasteiger charge is -2.12. The van der Waals surface area contributed by atoms with Crippen LogP contribution in [0, 0.1) is 6.92 Å². The molecule has 4 aromatic carbocycles. The molecule has 0 aliphatic carbocycles. The Bertz CT molecular complexity index is 1480. The molecule has 7 heteroatoms. The minimum atomic E-state index is -0.120. The summed E-state index contributed by atoms with van der Waals surface area (Å²) in [6.45, 7) is 2.05. The fourth-order valence-corrected chi connectivity index (χ4v) is 4.73. The van der Waals surface area contributed by atoms with Gasteiger partial charge < -0.3 is 5.32 Å². The second-order valence-corrected chi connectivity index (χ2v) is 9.61. The summed E-state index contributed by atoms with van der Waals surface area (Å²) in [5.74, 6) is 0.767. The molecule has 1 heterocycles. The van der Waals surface area contributed by atoms with Crippen LogP contribution in [0.1, 0.15) is 5.56 Å². The fraction of sp³-hybridized carbons (Fsp3) is 0.0690. The first-order chi connectivity index (χ1) is 17.6. The first kappa shape index (κ1) is 23.9. The number of carbonyl (C=O) groups is 1. The van der Waals surface area contributed by atoms with E-state index in [-0.39, 0.29) is 11.7 Å². The fourth-order valence-electron chi connectivity index (χ4n) is 3.85. The second-order valence-electron chi connectivity index (χ2n) is 8.23. The van der Waals surface area contributed by atoms with E-state index in [1.807, 2.05) is 115 Å². The molecule has 178 valence electrons. The van der Waals surface area contributed by atoms with Gasteiger partial charge in [-0.3, -0.25) is 9.36 Å². The smallest absolute Gasteiger partial charge is 0.234 e. The van der Waals surface area contributed by atoms with Gasteiger partial charge in [0.05, 0.1) is 5.75 Å². The highest BCUT2D eigenvalue weighted by molar-refractivity contribution is 7.99. The monoisotopic (exact) mass is 510 g/mol. The Balaban J connectivity index is 1.39. The number of aromatic nitrogens is 3. The average molecular weight is 511 g/mol. The molecule has 1 amide bonds. The first-order valence-corrected chi connectivity index (χ1v) is 12.8. The van der Waals surface area contributed by atoms with Crippen LogP contribution in [0.2, 0.25) is 5.02 Å². The van der Waals surface area contributed by atoms with E-state index in [1.54, 1.807) is 0 Å². The molecular formula is C29H23ClN4OS. The van der Waals surface area contributed by atoms with Gasteiger partial charge in [-0.2, -0.15) is 0 Å². The van der Waals surface area contributed by atoms with Gasteiger partial charge in [0.2, 0.25) is 5.91 Å². The molecule has 36 heavy (non-hydrogen) atoms. The quantitative estimate of drug-likeness (QED) is 0.233. The number of hydrogen-bond donors (Lipinski definition) is 1. The zero-order chi connectivity index (χ0) is 24.9. The number of anilines is 1. The van der Waals surface area contributed by atoms with Gasteiger partial charge in [0.1, 0.15) is 0 Å². The maximum Gasteiger partial charge on any atom is 0.234 e. The van der Waals surface area contributed by atoms with E-state index in [0.717, 1.165) is 28.1 Å². The Hall–Kier alpha value is -3.87. The highest BCUT2D eigenvalue weighted by Gasteiger charge is 2.18. The van der Waals surface area contributed by atoms with E-state index in [4.69, 9.17) is 11.6 Å². The van der Waals surface area contributed by atoms with Crippen LogP contribution in [0.15, 0.2) is 108 Å². The normalized spacial score (nSPS) is 10.8. The van der Waals surface area contributed by atoms with Crippen LogP contribution < -0.4 is 5.32 Å². The summed E-state index contributed by atoms with van der Waals surface area (Å²) in [5, 5.41) is 13.2. The molecule has 0 atom stereocenters. The number of amides is 1. The van der Waals surface area contributed by atoms with Crippen molar-refractivity contribution in [2.45, 2.75) is 12.1 Å². The van der Waals surface area contributed by atoms with Gasteiger partial charge in [-0.25, -0.2) is 0 Å². The first-order valence-electron chi connectivity index (χ1n) is 11.4. The van der Waals surface area contributed by atoms with Crippen molar-refractivity contribution in [3.05, 3.63) is 114 Å². The number of aryl methyl sites for hydroxylation is 1. The predicted octanol–water partition coefficient (Wildman–Crippen LogP) is 7.29. The average Bonchev–Trinajstić information content (AvgIpc) is 3.33. The molecule has 5 rings (SSSR count). The Morgan fingerprint density at radius 2 is 1.53 bits per heavy atom. The lowest BCUT2D eigenvalue weighted by molar-refractivity contribution is -0.113. The number of halogens is 1. The largest absolute Gasteiger partial charge is 0.325 e. The van der Waals surface area contributed by atoms with E-state index in [2.05, 4.69) is 15.5 Å². The molecule has 0 aliphatic rings. The topological polar surface area (TPSA) is 59.8 Å². The lowest BCUT2D eigenvalue weighted by Crippen LogP contribution is -2.15. The number of carbonyl (C=O) groups excluding carboxylic acids is 1. The van der Waals surface area contributed by atoms with Crippen molar-refractivity contribution in [3.63, 3.8) is 0 Å². The predicted molar refractivity (Wildman–Crippen MR) is 148 cm³/mol. The Morgan fingerprint density at radius 3 is 2.28 bits per heavy atom. The molecular weight excluding hydrogens is 488 g/mol. The van der Waals surface area contributed by atoms with E-state index in [1.165, 1.54) is 17.3 Å². The van der Waals surface area contributed by atoms with Gasteiger partial charge >= 0.3 is 0 Å². The van der Waals surface area contributed by atoms with Gasteiger partial charge in [0.15, 0.2) is 11.0 Å². The molecule has 0 saturated heterocycles. The van der Waals surface area contributed by atoms with Crippen molar-refractivity contribution in [1.82, 2.24) is 14.8 Å². The Labute approximate surface area is 219 Å². The van der Waals surface area contributed by atoms with Crippen LogP contribution >= 0.6 is 23.4 Å². The van der Waals surface area contributed by atoms with Crippen LogP contribution in [-0.4, -0.2) is 26.4 Å². The lowest BCUT2D eigenvalue weighted by atomic mass is 10.0. The standard InChI is InChI=1S/C29H23ClN4OS/c1-20-11-13-22(14-12-20)28-32-33-29(34(28)24-17-15-23(30)16-18-24)36-19-27(35)31-26-10-6-5-9-25(26)21-7-3-2-4-8-21/h2-18H,19H2,1H3,(H,31,35). The maximum absolute atomic E-state index is 13.0. The van der Waals surface area contributed by atoms with Crippen molar-refractivity contribution in [3.8, 4) is 28.2 Å². The minimum absolute atomic E-state index is 0.120. The highest BCUT2D eigenvalue weighted by atomic mass is 35.5. The van der Waals surface area contributed by atoms with Crippen LogP contribution in [0.5, 0.6) is 0 Å². The van der Waals surface area contributed by atoms with Crippen molar-refractivity contribution < 1.29 is 4.79 Å². The van der Waals surface area contributed by atoms with E-state index in [9.17, 15) is 4.79 Å². The molecule has 5 nitrogen and oxygen atoms in total. The molecule has 0 unspecified atom stereocenters. The van der Waals surface area contributed by atoms with Crippen LogP contribution in [0.4, 0.5) is 5.69 Å². The number of nitrogens with one attached hydrogen (secondary N) is 1. The van der Waals surface area contributed by atoms with Gasteiger partial charge in [0.25, 0.3) is 0 Å². The number of nitrogens with zero attached hydrogens (tertiary/aromatic N) is 3. The number of hydrogen-bond acceptors (Lipinski definition) is 4. The summed E-state index contributed by atoms with van der Waals surface area (Å²) in [6, 6.07) is 33.4.